The molecule has 0 fully saturated rings. The van der Waals surface area contributed by atoms with E-state index < -0.39 is 5.97 Å². The molecule has 78 valence electrons. The third-order valence-corrected chi connectivity index (χ3v) is 3.07. The minimum Gasteiger partial charge on any atom is -0.480 e. The fourth-order valence-electron chi connectivity index (χ4n) is 1.26. The summed E-state index contributed by atoms with van der Waals surface area (Å²) >= 11 is 5.33. The third kappa shape index (κ3) is 2.12. The van der Waals surface area contributed by atoms with Gasteiger partial charge in [-0.15, -0.1) is 0 Å². The Hall–Kier alpha value is -0.700. The summed E-state index contributed by atoms with van der Waals surface area (Å²) in [4.78, 5) is 14.6. The minimum absolute atomic E-state index is 0.150. The molecule has 2 aromatic heterocycles. The van der Waals surface area contributed by atoms with Gasteiger partial charge in [0.2, 0.25) is 0 Å². The van der Waals surface area contributed by atoms with E-state index in [1.807, 2.05) is 6.07 Å². The van der Waals surface area contributed by atoms with Crippen molar-refractivity contribution in [1.82, 2.24) is 14.8 Å². The Morgan fingerprint density at radius 3 is 3.07 bits per heavy atom. The normalized spacial score (nSPS) is 10.8. The van der Waals surface area contributed by atoms with E-state index in [-0.39, 0.29) is 6.54 Å². The molecule has 0 saturated heterocycles. The summed E-state index contributed by atoms with van der Waals surface area (Å²) in [7, 11) is 0. The predicted molar refractivity (Wildman–Crippen MR) is 65.6 cm³/mol. The summed E-state index contributed by atoms with van der Waals surface area (Å²) in [6, 6.07) is 1.82. The molecule has 0 aliphatic heterocycles. The first kappa shape index (κ1) is 10.8. The summed E-state index contributed by atoms with van der Waals surface area (Å²) in [6.45, 7) is -0.150. The van der Waals surface area contributed by atoms with Crippen molar-refractivity contribution >= 4 is 55.4 Å². The SMILES string of the molecule is O=C(O)Cn1nc(I)c2cc(Br)ncc21. The highest BCUT2D eigenvalue weighted by Gasteiger charge is 2.11. The zero-order chi connectivity index (χ0) is 11.0. The Morgan fingerprint density at radius 2 is 2.40 bits per heavy atom. The van der Waals surface area contributed by atoms with Gasteiger partial charge in [0.1, 0.15) is 14.8 Å². The Bertz CT molecular complexity index is 540. The fourth-order valence-corrected chi connectivity index (χ4v) is 2.28. The van der Waals surface area contributed by atoms with Crippen LogP contribution in [0, 0.1) is 3.70 Å². The molecule has 0 aliphatic rings. The van der Waals surface area contributed by atoms with Crippen molar-refractivity contribution in [2.45, 2.75) is 6.54 Å². The average molecular weight is 382 g/mol. The highest BCUT2D eigenvalue weighted by molar-refractivity contribution is 14.1. The summed E-state index contributed by atoms with van der Waals surface area (Å²) in [5.74, 6) is -0.918. The van der Waals surface area contributed by atoms with Gasteiger partial charge in [-0.05, 0) is 44.6 Å². The van der Waals surface area contributed by atoms with Gasteiger partial charge in [-0.25, -0.2) is 4.98 Å². The topological polar surface area (TPSA) is 68.0 Å². The maximum Gasteiger partial charge on any atom is 0.325 e. The largest absolute Gasteiger partial charge is 0.480 e. The molecule has 2 aromatic rings. The zero-order valence-electron chi connectivity index (χ0n) is 7.31. The monoisotopic (exact) mass is 381 g/mol. The van der Waals surface area contributed by atoms with Crippen LogP contribution in [0.1, 0.15) is 0 Å². The van der Waals surface area contributed by atoms with E-state index >= 15 is 0 Å². The molecular weight excluding hydrogens is 377 g/mol. The molecule has 0 aliphatic carbocycles. The minimum atomic E-state index is -0.918. The molecule has 0 aromatic carbocycles. The average Bonchev–Trinajstić information content (AvgIpc) is 2.42. The van der Waals surface area contributed by atoms with Crippen LogP contribution in [0.4, 0.5) is 0 Å². The molecule has 0 spiro atoms. The molecule has 1 N–H and O–H groups in total. The number of pyridine rings is 1. The molecular formula is C8H5BrIN3O2. The number of hydrogen-bond acceptors (Lipinski definition) is 3. The number of rotatable bonds is 2. The van der Waals surface area contributed by atoms with Crippen LogP contribution in [0.15, 0.2) is 16.9 Å². The van der Waals surface area contributed by atoms with Crippen LogP contribution >= 0.6 is 38.5 Å². The van der Waals surface area contributed by atoms with E-state index in [9.17, 15) is 4.79 Å². The van der Waals surface area contributed by atoms with Crippen LogP contribution in [0.25, 0.3) is 10.9 Å². The van der Waals surface area contributed by atoms with Crippen molar-refractivity contribution < 1.29 is 9.90 Å². The van der Waals surface area contributed by atoms with Gasteiger partial charge in [-0.3, -0.25) is 9.48 Å². The van der Waals surface area contributed by atoms with Crippen LogP contribution in [0.2, 0.25) is 0 Å². The second-order valence-corrected chi connectivity index (χ2v) is 4.70. The second kappa shape index (κ2) is 4.05. The van der Waals surface area contributed by atoms with E-state index in [4.69, 9.17) is 5.11 Å². The maximum atomic E-state index is 10.6. The van der Waals surface area contributed by atoms with Crippen LogP contribution in [-0.4, -0.2) is 25.8 Å². The Morgan fingerprint density at radius 1 is 1.67 bits per heavy atom. The molecule has 0 saturated carbocycles. The molecule has 0 unspecified atom stereocenters. The van der Waals surface area contributed by atoms with Gasteiger partial charge in [0.25, 0.3) is 0 Å². The van der Waals surface area contributed by atoms with E-state index in [0.29, 0.717) is 4.60 Å². The summed E-state index contributed by atoms with van der Waals surface area (Å²) in [5.41, 5.74) is 0.727. The third-order valence-electron chi connectivity index (χ3n) is 1.84. The van der Waals surface area contributed by atoms with Gasteiger partial charge >= 0.3 is 5.97 Å². The number of aromatic nitrogens is 3. The Kier molecular flexibility index (Phi) is 2.91. The van der Waals surface area contributed by atoms with Crippen molar-refractivity contribution in [2.24, 2.45) is 0 Å². The highest BCUT2D eigenvalue weighted by atomic mass is 127. The maximum absolute atomic E-state index is 10.6. The van der Waals surface area contributed by atoms with Crippen molar-refractivity contribution in [3.63, 3.8) is 0 Å². The number of aliphatic carboxylic acids is 1. The van der Waals surface area contributed by atoms with Gasteiger partial charge < -0.3 is 5.11 Å². The molecule has 5 nitrogen and oxygen atoms in total. The quantitative estimate of drug-likeness (QED) is 0.637. The lowest BCUT2D eigenvalue weighted by molar-refractivity contribution is -0.137. The lowest BCUT2D eigenvalue weighted by Gasteiger charge is -1.97. The number of carboxylic acid groups (broad SMARTS) is 1. The Balaban J connectivity index is 2.62. The zero-order valence-corrected chi connectivity index (χ0v) is 11.1. The van der Waals surface area contributed by atoms with E-state index in [0.717, 1.165) is 14.6 Å². The molecule has 0 radical (unpaired) electrons. The van der Waals surface area contributed by atoms with Crippen molar-refractivity contribution in [2.75, 3.05) is 0 Å². The van der Waals surface area contributed by atoms with Crippen molar-refractivity contribution in [3.05, 3.63) is 20.6 Å². The first-order valence-corrected chi connectivity index (χ1v) is 5.84. The second-order valence-electron chi connectivity index (χ2n) is 2.87. The van der Waals surface area contributed by atoms with Gasteiger partial charge in [-0.1, -0.05) is 0 Å². The first-order chi connectivity index (χ1) is 7.08. The predicted octanol–water partition coefficient (Wildman–Crippen LogP) is 1.88. The summed E-state index contributed by atoms with van der Waals surface area (Å²) < 4.78 is 2.91. The van der Waals surface area contributed by atoms with Crippen molar-refractivity contribution in [1.29, 1.82) is 0 Å². The molecule has 2 rings (SSSR count). The Labute approximate surface area is 107 Å². The highest BCUT2D eigenvalue weighted by Crippen LogP contribution is 2.22. The number of hydrogen-bond donors (Lipinski definition) is 1. The molecule has 0 amide bonds. The number of carboxylic acids is 1. The lowest BCUT2D eigenvalue weighted by Crippen LogP contribution is -2.10. The van der Waals surface area contributed by atoms with E-state index in [2.05, 4.69) is 48.6 Å². The number of nitrogens with zero attached hydrogens (tertiary/aromatic N) is 3. The molecule has 0 atom stereocenters. The van der Waals surface area contributed by atoms with Crippen LogP contribution < -0.4 is 0 Å². The van der Waals surface area contributed by atoms with E-state index in [1.165, 1.54) is 4.68 Å². The first-order valence-electron chi connectivity index (χ1n) is 3.97. The van der Waals surface area contributed by atoms with Crippen molar-refractivity contribution in [3.8, 4) is 0 Å². The lowest BCUT2D eigenvalue weighted by atomic mass is 10.3. The fraction of sp³-hybridized carbons (Fsp3) is 0.125. The standard InChI is InChI=1S/C8H5BrIN3O2/c9-6-1-4-5(2-11-6)13(3-7(14)15)12-8(4)10/h1-2H,3H2,(H,14,15). The summed E-state index contributed by atoms with van der Waals surface area (Å²) in [5, 5.41) is 13.7. The van der Waals surface area contributed by atoms with Gasteiger partial charge in [0.15, 0.2) is 0 Å². The summed E-state index contributed by atoms with van der Waals surface area (Å²) in [6.07, 6.45) is 1.61. The molecule has 0 bridgehead atoms. The molecule has 7 heteroatoms. The number of halogens is 2. The van der Waals surface area contributed by atoms with Gasteiger partial charge in [0.05, 0.1) is 11.7 Å². The van der Waals surface area contributed by atoms with Crippen LogP contribution in [-0.2, 0) is 11.3 Å². The molecule has 2 heterocycles. The van der Waals surface area contributed by atoms with Crippen LogP contribution in [0.3, 0.4) is 0 Å². The van der Waals surface area contributed by atoms with E-state index in [1.54, 1.807) is 6.20 Å². The molecule has 15 heavy (non-hydrogen) atoms. The van der Waals surface area contributed by atoms with Crippen LogP contribution in [0.5, 0.6) is 0 Å². The number of carbonyl (C=O) groups is 1. The number of fused-ring (bicyclic) bond motifs is 1. The van der Waals surface area contributed by atoms with Gasteiger partial charge in [-0.2, -0.15) is 5.10 Å². The van der Waals surface area contributed by atoms with Gasteiger partial charge in [0, 0.05) is 5.39 Å². The smallest absolute Gasteiger partial charge is 0.325 e.